The van der Waals surface area contributed by atoms with Gasteiger partial charge in [-0.25, -0.2) is 9.97 Å². The van der Waals surface area contributed by atoms with E-state index in [1.54, 1.807) is 0 Å². The van der Waals surface area contributed by atoms with Crippen LogP contribution >= 0.6 is 0 Å². The van der Waals surface area contributed by atoms with Crippen LogP contribution in [0.3, 0.4) is 0 Å². The third-order valence-corrected chi connectivity index (χ3v) is 4.26. The van der Waals surface area contributed by atoms with E-state index in [-0.39, 0.29) is 5.54 Å². The molecule has 0 bridgehead atoms. The van der Waals surface area contributed by atoms with E-state index >= 15 is 0 Å². The largest absolute Gasteiger partial charge is 0.325 e. The number of aryl methyl sites for hydroxylation is 1. The lowest BCUT2D eigenvalue weighted by atomic mass is 9.80. The first kappa shape index (κ1) is 12.6. The Hall–Kier alpha value is -1.42. The van der Waals surface area contributed by atoms with Crippen molar-refractivity contribution in [3.63, 3.8) is 0 Å². The summed E-state index contributed by atoms with van der Waals surface area (Å²) in [6.45, 7) is 3.04. The second kappa shape index (κ2) is 4.93. The van der Waals surface area contributed by atoms with Crippen LogP contribution in [-0.4, -0.2) is 20.1 Å². The summed E-state index contributed by atoms with van der Waals surface area (Å²) in [7, 11) is 0. The van der Waals surface area contributed by atoms with Gasteiger partial charge in [-0.3, -0.25) is 0 Å². The molecule has 102 valence electrons. The van der Waals surface area contributed by atoms with Crippen molar-refractivity contribution in [3.8, 4) is 0 Å². The Morgan fingerprint density at radius 1 is 1.32 bits per heavy atom. The third-order valence-electron chi connectivity index (χ3n) is 4.26. The van der Waals surface area contributed by atoms with Crippen molar-refractivity contribution in [1.82, 2.24) is 14.5 Å². The molecule has 0 saturated heterocycles. The highest BCUT2D eigenvalue weighted by molar-refractivity contribution is 5.71. The van der Waals surface area contributed by atoms with Gasteiger partial charge in [0.05, 0.1) is 0 Å². The second-order valence-corrected chi connectivity index (χ2v) is 5.72. The van der Waals surface area contributed by atoms with Crippen LogP contribution in [0.1, 0.15) is 44.9 Å². The third kappa shape index (κ3) is 2.37. The maximum atomic E-state index is 6.56. The summed E-state index contributed by atoms with van der Waals surface area (Å²) in [5, 5.41) is 0. The van der Waals surface area contributed by atoms with Gasteiger partial charge in [-0.2, -0.15) is 0 Å². The molecule has 2 aromatic rings. The van der Waals surface area contributed by atoms with Crippen molar-refractivity contribution in [1.29, 1.82) is 0 Å². The highest BCUT2D eigenvalue weighted by atomic mass is 15.1. The summed E-state index contributed by atoms with van der Waals surface area (Å²) in [6, 6.07) is 3.97. The van der Waals surface area contributed by atoms with E-state index in [9.17, 15) is 0 Å². The quantitative estimate of drug-likeness (QED) is 0.920. The van der Waals surface area contributed by atoms with Crippen LogP contribution in [0.5, 0.6) is 0 Å². The van der Waals surface area contributed by atoms with Crippen LogP contribution in [0.15, 0.2) is 18.3 Å². The minimum absolute atomic E-state index is 0.0630. The number of imidazole rings is 1. The van der Waals surface area contributed by atoms with Crippen LogP contribution < -0.4 is 5.73 Å². The van der Waals surface area contributed by atoms with E-state index in [1.165, 1.54) is 19.3 Å². The SMILES string of the molecule is CCn1c(CC2(N)CCCCC2)nc2cccnc21. The molecule has 1 aliphatic rings. The molecule has 2 heterocycles. The highest BCUT2D eigenvalue weighted by Gasteiger charge is 2.29. The molecule has 0 unspecified atom stereocenters. The number of pyridine rings is 1. The molecule has 4 heteroatoms. The van der Waals surface area contributed by atoms with Crippen LogP contribution in [-0.2, 0) is 13.0 Å². The summed E-state index contributed by atoms with van der Waals surface area (Å²) >= 11 is 0. The first-order chi connectivity index (χ1) is 9.22. The highest BCUT2D eigenvalue weighted by Crippen LogP contribution is 2.29. The van der Waals surface area contributed by atoms with E-state index in [0.29, 0.717) is 0 Å². The second-order valence-electron chi connectivity index (χ2n) is 5.72. The fourth-order valence-corrected chi connectivity index (χ4v) is 3.22. The molecule has 0 aliphatic heterocycles. The average Bonchev–Trinajstić information content (AvgIpc) is 2.75. The molecule has 0 aromatic carbocycles. The molecule has 0 atom stereocenters. The monoisotopic (exact) mass is 258 g/mol. The van der Waals surface area contributed by atoms with Crippen molar-refractivity contribution < 1.29 is 0 Å². The van der Waals surface area contributed by atoms with E-state index in [4.69, 9.17) is 10.7 Å². The molecule has 1 aliphatic carbocycles. The molecule has 19 heavy (non-hydrogen) atoms. The Morgan fingerprint density at radius 2 is 2.11 bits per heavy atom. The molecule has 1 fully saturated rings. The Kier molecular flexibility index (Phi) is 3.27. The average molecular weight is 258 g/mol. The van der Waals surface area contributed by atoms with Gasteiger partial charge in [-0.05, 0) is 31.9 Å². The predicted octanol–water partition coefficient (Wildman–Crippen LogP) is 2.66. The van der Waals surface area contributed by atoms with Crippen LogP contribution in [0.25, 0.3) is 11.2 Å². The normalized spacial score (nSPS) is 18.8. The van der Waals surface area contributed by atoms with Gasteiger partial charge in [0.15, 0.2) is 5.65 Å². The smallest absolute Gasteiger partial charge is 0.159 e. The van der Waals surface area contributed by atoms with Gasteiger partial charge in [-0.1, -0.05) is 19.3 Å². The lowest BCUT2D eigenvalue weighted by Gasteiger charge is -2.33. The fraction of sp³-hybridized carbons (Fsp3) is 0.600. The molecule has 0 amide bonds. The first-order valence-corrected chi connectivity index (χ1v) is 7.31. The van der Waals surface area contributed by atoms with E-state index < -0.39 is 0 Å². The first-order valence-electron chi connectivity index (χ1n) is 7.31. The summed E-state index contributed by atoms with van der Waals surface area (Å²) in [5.74, 6) is 1.10. The number of nitrogens with zero attached hydrogens (tertiary/aromatic N) is 3. The van der Waals surface area contributed by atoms with Crippen molar-refractivity contribution >= 4 is 11.2 Å². The Morgan fingerprint density at radius 3 is 2.84 bits per heavy atom. The topological polar surface area (TPSA) is 56.7 Å². The minimum atomic E-state index is -0.0630. The summed E-state index contributed by atoms with van der Waals surface area (Å²) in [5.41, 5.74) is 8.47. The van der Waals surface area contributed by atoms with E-state index in [0.717, 1.165) is 42.8 Å². The fourth-order valence-electron chi connectivity index (χ4n) is 3.22. The van der Waals surface area contributed by atoms with E-state index in [2.05, 4.69) is 16.5 Å². The summed E-state index contributed by atoms with van der Waals surface area (Å²) < 4.78 is 2.21. The molecule has 3 rings (SSSR count). The zero-order chi connectivity index (χ0) is 13.3. The predicted molar refractivity (Wildman–Crippen MR) is 76.9 cm³/mol. The van der Waals surface area contributed by atoms with Gasteiger partial charge in [0.25, 0.3) is 0 Å². The van der Waals surface area contributed by atoms with Crippen molar-refractivity contribution in [2.24, 2.45) is 5.73 Å². The van der Waals surface area contributed by atoms with Gasteiger partial charge in [0.1, 0.15) is 11.3 Å². The van der Waals surface area contributed by atoms with E-state index in [1.807, 2.05) is 18.3 Å². The summed E-state index contributed by atoms with van der Waals surface area (Å²) in [6.07, 6.45) is 8.77. The molecule has 2 aromatic heterocycles. The minimum Gasteiger partial charge on any atom is -0.325 e. The zero-order valence-electron chi connectivity index (χ0n) is 11.6. The Bertz CT molecular complexity index is 567. The Labute approximate surface area is 114 Å². The van der Waals surface area contributed by atoms with Crippen LogP contribution in [0.4, 0.5) is 0 Å². The molecular formula is C15H22N4. The summed E-state index contributed by atoms with van der Waals surface area (Å²) in [4.78, 5) is 9.19. The van der Waals surface area contributed by atoms with Gasteiger partial charge in [-0.15, -0.1) is 0 Å². The van der Waals surface area contributed by atoms with Crippen molar-refractivity contribution in [3.05, 3.63) is 24.2 Å². The van der Waals surface area contributed by atoms with Crippen LogP contribution in [0.2, 0.25) is 0 Å². The van der Waals surface area contributed by atoms with Gasteiger partial charge < -0.3 is 10.3 Å². The van der Waals surface area contributed by atoms with Crippen molar-refractivity contribution in [2.45, 2.75) is 57.5 Å². The maximum Gasteiger partial charge on any atom is 0.159 e. The van der Waals surface area contributed by atoms with Gasteiger partial charge >= 0.3 is 0 Å². The van der Waals surface area contributed by atoms with Crippen LogP contribution in [0, 0.1) is 0 Å². The number of rotatable bonds is 3. The standard InChI is InChI=1S/C15H22N4/c1-2-19-13(11-15(16)8-4-3-5-9-15)18-12-7-6-10-17-14(12)19/h6-7,10H,2-5,8-9,11,16H2,1H3. The van der Waals surface area contributed by atoms with Crippen molar-refractivity contribution in [2.75, 3.05) is 0 Å². The molecular weight excluding hydrogens is 236 g/mol. The molecule has 2 N–H and O–H groups in total. The lowest BCUT2D eigenvalue weighted by molar-refractivity contribution is 0.287. The molecule has 0 spiro atoms. The number of hydrogen-bond donors (Lipinski definition) is 1. The maximum absolute atomic E-state index is 6.56. The molecule has 4 nitrogen and oxygen atoms in total. The lowest BCUT2D eigenvalue weighted by Crippen LogP contribution is -2.44. The zero-order valence-corrected chi connectivity index (χ0v) is 11.6. The number of nitrogens with two attached hydrogens (primary N) is 1. The Balaban J connectivity index is 1.95. The van der Waals surface area contributed by atoms with Gasteiger partial charge in [0.2, 0.25) is 0 Å². The number of aromatic nitrogens is 3. The number of fused-ring (bicyclic) bond motifs is 1. The number of hydrogen-bond acceptors (Lipinski definition) is 3. The molecule has 0 radical (unpaired) electrons. The molecule has 1 saturated carbocycles. The van der Waals surface area contributed by atoms with Gasteiger partial charge in [0, 0.05) is 24.7 Å².